The molecule has 1 aliphatic heterocycles. The second kappa shape index (κ2) is 8.13. The fourth-order valence-corrected chi connectivity index (χ4v) is 3.53. The number of benzene rings is 1. The Labute approximate surface area is 146 Å². The van der Waals surface area contributed by atoms with Crippen molar-refractivity contribution in [3.05, 3.63) is 29.8 Å². The Morgan fingerprint density at radius 1 is 1.25 bits per heavy atom. The van der Waals surface area contributed by atoms with Gasteiger partial charge in [-0.05, 0) is 62.2 Å². The largest absolute Gasteiger partial charge is 0.396 e. The summed E-state index contributed by atoms with van der Waals surface area (Å²) in [5.74, 6) is 0.428. The predicted octanol–water partition coefficient (Wildman–Crippen LogP) is 3.62. The van der Waals surface area contributed by atoms with Crippen LogP contribution in [0, 0.1) is 5.41 Å². The van der Waals surface area contributed by atoms with Gasteiger partial charge in [-0.15, -0.1) is 0 Å². The van der Waals surface area contributed by atoms with Gasteiger partial charge in [-0.2, -0.15) is 0 Å². The Balaban J connectivity index is 1.99. The third-order valence-electron chi connectivity index (χ3n) is 5.71. The molecule has 0 radical (unpaired) electrons. The quantitative estimate of drug-likeness (QED) is 0.836. The van der Waals surface area contributed by atoms with Gasteiger partial charge < -0.3 is 10.4 Å². The topological polar surface area (TPSA) is 52.6 Å². The van der Waals surface area contributed by atoms with Gasteiger partial charge in [0.2, 0.25) is 5.91 Å². The number of piperidine rings is 1. The van der Waals surface area contributed by atoms with Gasteiger partial charge in [0, 0.05) is 12.3 Å². The summed E-state index contributed by atoms with van der Waals surface area (Å²) >= 11 is 0. The fraction of sp³-hybridized carbons (Fsp3) is 0.650. The molecule has 24 heavy (non-hydrogen) atoms. The van der Waals surface area contributed by atoms with Crippen LogP contribution in [-0.2, 0) is 4.79 Å². The van der Waals surface area contributed by atoms with Crippen LogP contribution in [0.2, 0.25) is 0 Å². The first-order chi connectivity index (χ1) is 11.4. The molecule has 2 N–H and O–H groups in total. The molecule has 1 aromatic rings. The van der Waals surface area contributed by atoms with Crippen molar-refractivity contribution in [2.24, 2.45) is 5.41 Å². The van der Waals surface area contributed by atoms with Gasteiger partial charge in [0.1, 0.15) is 0 Å². The number of nitrogens with one attached hydrogen (secondary N) is 1. The van der Waals surface area contributed by atoms with Crippen molar-refractivity contribution >= 4 is 11.6 Å². The minimum absolute atomic E-state index is 0.0519. The zero-order chi connectivity index (χ0) is 17.7. The molecule has 0 aromatic heterocycles. The van der Waals surface area contributed by atoms with Crippen LogP contribution in [0.4, 0.5) is 5.69 Å². The van der Waals surface area contributed by atoms with Crippen molar-refractivity contribution in [2.75, 3.05) is 25.0 Å². The number of carbonyl (C=O) groups is 1. The molecule has 1 saturated heterocycles. The van der Waals surface area contributed by atoms with E-state index in [1.54, 1.807) is 0 Å². The van der Waals surface area contributed by atoms with Gasteiger partial charge in [-0.1, -0.05) is 39.0 Å². The summed E-state index contributed by atoms with van der Waals surface area (Å²) in [5, 5.41) is 12.8. The van der Waals surface area contributed by atoms with Gasteiger partial charge in [-0.3, -0.25) is 9.69 Å². The number of rotatable bonds is 6. The lowest BCUT2D eigenvalue weighted by Gasteiger charge is -2.42. The maximum absolute atomic E-state index is 12.7. The third kappa shape index (κ3) is 4.17. The van der Waals surface area contributed by atoms with E-state index in [0.29, 0.717) is 5.92 Å². The first-order valence-electron chi connectivity index (χ1n) is 9.17. The maximum atomic E-state index is 12.7. The maximum Gasteiger partial charge on any atom is 0.241 e. The summed E-state index contributed by atoms with van der Waals surface area (Å²) in [6.07, 6.45) is 2.92. The minimum atomic E-state index is -0.154. The normalized spacial score (nSPS) is 19.2. The van der Waals surface area contributed by atoms with E-state index in [2.05, 4.69) is 37.1 Å². The van der Waals surface area contributed by atoms with Crippen LogP contribution in [0.1, 0.15) is 58.4 Å². The van der Waals surface area contributed by atoms with E-state index < -0.39 is 0 Å². The van der Waals surface area contributed by atoms with Crippen LogP contribution < -0.4 is 5.32 Å². The highest BCUT2D eigenvalue weighted by Crippen LogP contribution is 2.35. The van der Waals surface area contributed by atoms with Crippen LogP contribution in [0.25, 0.3) is 0 Å². The zero-order valence-electron chi connectivity index (χ0n) is 15.5. The summed E-state index contributed by atoms with van der Waals surface area (Å²) < 4.78 is 0. The summed E-state index contributed by atoms with van der Waals surface area (Å²) in [6.45, 7) is 10.4. The van der Waals surface area contributed by atoms with E-state index in [1.165, 1.54) is 5.56 Å². The van der Waals surface area contributed by atoms with Crippen molar-refractivity contribution in [3.63, 3.8) is 0 Å². The molecule has 1 heterocycles. The minimum Gasteiger partial charge on any atom is -0.396 e. The number of hydrogen-bond acceptors (Lipinski definition) is 3. The van der Waals surface area contributed by atoms with Crippen LogP contribution in [-0.4, -0.2) is 41.7 Å². The number of hydrogen-bond donors (Lipinski definition) is 2. The summed E-state index contributed by atoms with van der Waals surface area (Å²) in [6, 6.07) is 7.87. The lowest BCUT2D eigenvalue weighted by molar-refractivity contribution is -0.121. The molecule has 0 saturated carbocycles. The van der Waals surface area contributed by atoms with E-state index in [-0.39, 0.29) is 24.0 Å². The average molecular weight is 332 g/mol. The highest BCUT2D eigenvalue weighted by molar-refractivity contribution is 5.95. The molecule has 1 aliphatic rings. The van der Waals surface area contributed by atoms with E-state index >= 15 is 0 Å². The second-order valence-corrected chi connectivity index (χ2v) is 7.45. The number of nitrogens with zero attached hydrogens (tertiary/aromatic N) is 1. The molecular formula is C20H32N2O2. The summed E-state index contributed by atoms with van der Waals surface area (Å²) in [7, 11) is 0. The molecular weight excluding hydrogens is 300 g/mol. The Bertz CT molecular complexity index is 542. The van der Waals surface area contributed by atoms with E-state index in [0.717, 1.165) is 38.0 Å². The lowest BCUT2D eigenvalue weighted by atomic mass is 9.76. The second-order valence-electron chi connectivity index (χ2n) is 7.45. The molecule has 2 rings (SSSR count). The molecule has 134 valence electrons. The molecule has 0 bridgehead atoms. The Kier molecular flexibility index (Phi) is 6.41. The van der Waals surface area contributed by atoms with Crippen molar-refractivity contribution in [1.82, 2.24) is 4.90 Å². The van der Waals surface area contributed by atoms with Crippen LogP contribution >= 0.6 is 0 Å². The molecule has 1 fully saturated rings. The fourth-order valence-electron chi connectivity index (χ4n) is 3.53. The Morgan fingerprint density at radius 2 is 1.88 bits per heavy atom. The molecule has 1 aromatic carbocycles. The van der Waals surface area contributed by atoms with Gasteiger partial charge in [0.05, 0.1) is 6.04 Å². The van der Waals surface area contributed by atoms with E-state index in [9.17, 15) is 9.90 Å². The number of para-hydroxylation sites is 1. The number of aliphatic hydroxyl groups excluding tert-OH is 1. The van der Waals surface area contributed by atoms with Crippen molar-refractivity contribution < 1.29 is 9.90 Å². The van der Waals surface area contributed by atoms with E-state index in [1.807, 2.05) is 25.1 Å². The monoisotopic (exact) mass is 332 g/mol. The van der Waals surface area contributed by atoms with Crippen LogP contribution in [0.3, 0.4) is 0 Å². The average Bonchev–Trinajstić information content (AvgIpc) is 2.61. The van der Waals surface area contributed by atoms with Crippen molar-refractivity contribution in [2.45, 2.75) is 58.9 Å². The predicted molar refractivity (Wildman–Crippen MR) is 99.2 cm³/mol. The molecule has 1 unspecified atom stereocenters. The summed E-state index contributed by atoms with van der Waals surface area (Å²) in [5.41, 5.74) is 2.14. The van der Waals surface area contributed by atoms with Gasteiger partial charge in [-0.25, -0.2) is 0 Å². The molecule has 0 aliphatic carbocycles. The third-order valence-corrected chi connectivity index (χ3v) is 5.71. The first-order valence-corrected chi connectivity index (χ1v) is 9.17. The highest BCUT2D eigenvalue weighted by atomic mass is 16.3. The molecule has 0 spiro atoms. The Hall–Kier alpha value is -1.39. The highest BCUT2D eigenvalue weighted by Gasteiger charge is 2.35. The van der Waals surface area contributed by atoms with Crippen molar-refractivity contribution in [1.29, 1.82) is 0 Å². The number of likely N-dealkylation sites (tertiary alicyclic amines) is 1. The molecule has 4 heteroatoms. The van der Waals surface area contributed by atoms with Gasteiger partial charge >= 0.3 is 0 Å². The number of anilines is 1. The standard InChI is InChI=1S/C20H32N2O2/c1-5-20(14-23)10-12-22(13-11-20)16(4)19(24)21-18-9-7-6-8-17(18)15(2)3/h6-9,15-16,23H,5,10-14H2,1-4H3,(H,21,24). The molecule has 1 atom stereocenters. The first kappa shape index (κ1) is 18.9. The molecule has 4 nitrogen and oxygen atoms in total. The number of amides is 1. The summed E-state index contributed by atoms with van der Waals surface area (Å²) in [4.78, 5) is 14.9. The van der Waals surface area contributed by atoms with E-state index in [4.69, 9.17) is 0 Å². The smallest absolute Gasteiger partial charge is 0.241 e. The number of carbonyl (C=O) groups excluding carboxylic acids is 1. The van der Waals surface area contributed by atoms with Gasteiger partial charge in [0.25, 0.3) is 0 Å². The molecule has 1 amide bonds. The lowest BCUT2D eigenvalue weighted by Crippen LogP contribution is -2.49. The number of aliphatic hydroxyl groups is 1. The van der Waals surface area contributed by atoms with Crippen LogP contribution in [0.5, 0.6) is 0 Å². The van der Waals surface area contributed by atoms with Crippen LogP contribution in [0.15, 0.2) is 24.3 Å². The van der Waals surface area contributed by atoms with Gasteiger partial charge in [0.15, 0.2) is 0 Å². The Morgan fingerprint density at radius 3 is 2.42 bits per heavy atom. The SMILES string of the molecule is CCC1(CO)CCN(C(C)C(=O)Nc2ccccc2C(C)C)CC1. The van der Waals surface area contributed by atoms with Crippen molar-refractivity contribution in [3.8, 4) is 0 Å². The zero-order valence-corrected chi connectivity index (χ0v) is 15.5.